The minimum atomic E-state index is -0.485. The fraction of sp³-hybridized carbons (Fsp3) is 0.348. The van der Waals surface area contributed by atoms with Crippen molar-refractivity contribution in [3.05, 3.63) is 70.1 Å². The highest BCUT2D eigenvalue weighted by Gasteiger charge is 2.26. The normalized spacial score (nSPS) is 12.2. The fourth-order valence-corrected chi connectivity index (χ4v) is 3.52. The van der Waals surface area contributed by atoms with Crippen molar-refractivity contribution in [2.45, 2.75) is 33.2 Å². The maximum atomic E-state index is 13.4. The molecule has 0 spiro atoms. The van der Waals surface area contributed by atoms with Crippen molar-refractivity contribution < 1.29 is 9.53 Å². The van der Waals surface area contributed by atoms with Gasteiger partial charge < -0.3 is 9.64 Å². The first-order valence-corrected chi connectivity index (χ1v) is 9.79. The van der Waals surface area contributed by atoms with Crippen molar-refractivity contribution in [2.75, 3.05) is 13.7 Å². The first-order chi connectivity index (χ1) is 13.9. The van der Waals surface area contributed by atoms with Crippen LogP contribution in [0.15, 0.2) is 53.3 Å². The molecule has 1 heterocycles. The maximum absolute atomic E-state index is 13.4. The number of benzene rings is 2. The van der Waals surface area contributed by atoms with Crippen molar-refractivity contribution in [1.82, 2.24) is 15.1 Å². The van der Waals surface area contributed by atoms with E-state index in [-0.39, 0.29) is 11.5 Å². The Kier molecular flexibility index (Phi) is 6.32. The lowest BCUT2D eigenvalue weighted by Crippen LogP contribution is -2.37. The van der Waals surface area contributed by atoms with Gasteiger partial charge in [-0.3, -0.25) is 9.59 Å². The monoisotopic (exact) mass is 393 g/mol. The summed E-state index contributed by atoms with van der Waals surface area (Å²) in [7, 11) is 1.63. The van der Waals surface area contributed by atoms with Gasteiger partial charge in [0.15, 0.2) is 0 Å². The van der Waals surface area contributed by atoms with E-state index in [1.165, 1.54) is 0 Å². The summed E-state index contributed by atoms with van der Waals surface area (Å²) in [5.41, 5.74) is 1.34. The number of nitrogens with one attached hydrogen (secondary N) is 1. The Morgan fingerprint density at radius 3 is 2.52 bits per heavy atom. The predicted octanol–water partition coefficient (Wildman–Crippen LogP) is 3.72. The molecule has 6 nitrogen and oxygen atoms in total. The van der Waals surface area contributed by atoms with Gasteiger partial charge in [-0.05, 0) is 36.6 Å². The van der Waals surface area contributed by atoms with Crippen LogP contribution < -0.4 is 10.3 Å². The number of hydrogen-bond acceptors (Lipinski definition) is 4. The van der Waals surface area contributed by atoms with Crippen LogP contribution in [0.2, 0.25) is 0 Å². The van der Waals surface area contributed by atoms with E-state index in [0.717, 1.165) is 11.3 Å². The number of carbonyl (C=O) groups excluding carboxylic acids is 1. The highest BCUT2D eigenvalue weighted by atomic mass is 16.5. The van der Waals surface area contributed by atoms with E-state index in [2.05, 4.69) is 24.0 Å². The lowest BCUT2D eigenvalue weighted by atomic mass is 9.99. The van der Waals surface area contributed by atoms with Gasteiger partial charge >= 0.3 is 0 Å². The molecular weight excluding hydrogens is 366 g/mol. The van der Waals surface area contributed by atoms with E-state index in [9.17, 15) is 9.59 Å². The van der Waals surface area contributed by atoms with Crippen LogP contribution in [0.1, 0.15) is 37.9 Å². The SMILES string of the molecule is COc1cccc(CN(CC(C)C)C(=O)C(C)c2n[nH]c(=O)c3ccccc23)c1. The van der Waals surface area contributed by atoms with Crippen molar-refractivity contribution in [3.63, 3.8) is 0 Å². The van der Waals surface area contributed by atoms with E-state index in [1.807, 2.05) is 54.3 Å². The molecule has 1 unspecified atom stereocenters. The molecule has 0 saturated heterocycles. The Morgan fingerprint density at radius 1 is 1.10 bits per heavy atom. The molecule has 0 radical (unpaired) electrons. The summed E-state index contributed by atoms with van der Waals surface area (Å²) in [6.07, 6.45) is 0. The summed E-state index contributed by atoms with van der Waals surface area (Å²) in [4.78, 5) is 27.4. The van der Waals surface area contributed by atoms with Crippen molar-refractivity contribution in [2.24, 2.45) is 5.92 Å². The molecule has 1 N–H and O–H groups in total. The average Bonchev–Trinajstić information content (AvgIpc) is 2.72. The van der Waals surface area contributed by atoms with Crippen molar-refractivity contribution in [3.8, 4) is 5.75 Å². The van der Waals surface area contributed by atoms with Gasteiger partial charge in [-0.2, -0.15) is 5.10 Å². The molecular formula is C23H27N3O3. The average molecular weight is 393 g/mol. The van der Waals surface area contributed by atoms with Crippen LogP contribution in [0.3, 0.4) is 0 Å². The number of rotatable bonds is 7. The van der Waals surface area contributed by atoms with E-state index in [1.54, 1.807) is 13.2 Å². The van der Waals surface area contributed by atoms with Crippen LogP contribution in [0.4, 0.5) is 0 Å². The summed E-state index contributed by atoms with van der Waals surface area (Å²) in [5.74, 6) is 0.574. The number of ether oxygens (including phenoxy) is 1. The van der Waals surface area contributed by atoms with Crippen molar-refractivity contribution in [1.29, 1.82) is 0 Å². The first-order valence-electron chi connectivity index (χ1n) is 9.79. The third-order valence-corrected chi connectivity index (χ3v) is 4.91. The second-order valence-electron chi connectivity index (χ2n) is 7.67. The quantitative estimate of drug-likeness (QED) is 0.664. The summed E-state index contributed by atoms with van der Waals surface area (Å²) < 4.78 is 5.31. The zero-order valence-electron chi connectivity index (χ0n) is 17.3. The van der Waals surface area contributed by atoms with E-state index in [0.29, 0.717) is 35.5 Å². The number of H-pyrrole nitrogens is 1. The largest absolute Gasteiger partial charge is 0.497 e. The van der Waals surface area contributed by atoms with E-state index in [4.69, 9.17) is 4.74 Å². The first kappa shape index (κ1) is 20.6. The number of amides is 1. The highest BCUT2D eigenvalue weighted by molar-refractivity contribution is 5.91. The molecule has 0 fully saturated rings. The Labute approximate surface area is 170 Å². The molecule has 0 aliphatic carbocycles. The molecule has 1 amide bonds. The summed E-state index contributed by atoms with van der Waals surface area (Å²) in [6.45, 7) is 7.13. The lowest BCUT2D eigenvalue weighted by Gasteiger charge is -2.28. The Morgan fingerprint density at radius 2 is 1.83 bits per heavy atom. The minimum absolute atomic E-state index is 0.0220. The molecule has 0 bridgehead atoms. The number of methoxy groups -OCH3 is 1. The number of hydrogen-bond donors (Lipinski definition) is 1. The fourth-order valence-electron chi connectivity index (χ4n) is 3.52. The van der Waals surface area contributed by atoms with Gasteiger partial charge in [0.05, 0.1) is 24.1 Å². The molecule has 2 aromatic carbocycles. The molecule has 3 rings (SSSR count). The molecule has 3 aromatic rings. The van der Waals surface area contributed by atoms with Gasteiger partial charge in [0.25, 0.3) is 5.56 Å². The van der Waals surface area contributed by atoms with Gasteiger partial charge in [0.2, 0.25) is 5.91 Å². The van der Waals surface area contributed by atoms with Crippen LogP contribution >= 0.6 is 0 Å². The van der Waals surface area contributed by atoms with Crippen LogP contribution in [0, 0.1) is 5.92 Å². The van der Waals surface area contributed by atoms with Gasteiger partial charge in [-0.25, -0.2) is 5.10 Å². The zero-order chi connectivity index (χ0) is 21.0. The molecule has 0 aliphatic rings. The van der Waals surface area contributed by atoms with Crippen LogP contribution in [0.5, 0.6) is 5.75 Å². The Bertz CT molecular complexity index is 1060. The van der Waals surface area contributed by atoms with Gasteiger partial charge in [0, 0.05) is 18.5 Å². The smallest absolute Gasteiger partial charge is 0.272 e. The molecule has 29 heavy (non-hydrogen) atoms. The second-order valence-corrected chi connectivity index (χ2v) is 7.67. The zero-order valence-corrected chi connectivity index (χ0v) is 17.3. The second kappa shape index (κ2) is 8.90. The summed E-state index contributed by atoms with van der Waals surface area (Å²) in [5, 5.41) is 8.00. The van der Waals surface area contributed by atoms with Crippen LogP contribution in [0.25, 0.3) is 10.8 Å². The standard InChI is InChI=1S/C23H27N3O3/c1-15(2)13-26(14-17-8-7-9-18(12-17)29-4)23(28)16(3)21-19-10-5-6-11-20(19)22(27)25-24-21/h5-12,15-16H,13-14H2,1-4H3,(H,25,27). The van der Waals surface area contributed by atoms with Crippen LogP contribution in [-0.2, 0) is 11.3 Å². The summed E-state index contributed by atoms with van der Waals surface area (Å²) in [6, 6.07) is 15.0. The van der Waals surface area contributed by atoms with E-state index >= 15 is 0 Å². The molecule has 0 aliphatic heterocycles. The molecule has 6 heteroatoms. The number of nitrogens with zero attached hydrogens (tertiary/aromatic N) is 2. The van der Waals surface area contributed by atoms with E-state index < -0.39 is 5.92 Å². The number of aromatic amines is 1. The number of fused-ring (bicyclic) bond motifs is 1. The lowest BCUT2D eigenvalue weighted by molar-refractivity contribution is -0.133. The minimum Gasteiger partial charge on any atom is -0.497 e. The number of aromatic nitrogens is 2. The Hall–Kier alpha value is -3.15. The molecule has 152 valence electrons. The topological polar surface area (TPSA) is 75.3 Å². The Balaban J connectivity index is 1.93. The predicted molar refractivity (Wildman–Crippen MR) is 114 cm³/mol. The molecule has 0 saturated carbocycles. The highest BCUT2D eigenvalue weighted by Crippen LogP contribution is 2.24. The van der Waals surface area contributed by atoms with Crippen LogP contribution in [-0.4, -0.2) is 34.7 Å². The number of carbonyl (C=O) groups is 1. The third kappa shape index (κ3) is 4.65. The van der Waals surface area contributed by atoms with Crippen molar-refractivity contribution >= 4 is 16.7 Å². The maximum Gasteiger partial charge on any atom is 0.272 e. The molecule has 1 atom stereocenters. The van der Waals surface area contributed by atoms with Gasteiger partial charge in [-0.15, -0.1) is 0 Å². The van der Waals surface area contributed by atoms with Gasteiger partial charge in [-0.1, -0.05) is 44.2 Å². The third-order valence-electron chi connectivity index (χ3n) is 4.91. The van der Waals surface area contributed by atoms with Gasteiger partial charge in [0.1, 0.15) is 5.75 Å². The molecule has 1 aromatic heterocycles. The summed E-state index contributed by atoms with van der Waals surface area (Å²) >= 11 is 0.